The number of nitrogens with zero attached hydrogens (tertiary/aromatic N) is 1. The molecule has 1 amide bonds. The Bertz CT molecular complexity index is 892. The fourth-order valence-corrected chi connectivity index (χ4v) is 4.09. The zero-order valence-corrected chi connectivity index (χ0v) is 20.2. The van der Waals surface area contributed by atoms with Gasteiger partial charge in [-0.3, -0.25) is 4.79 Å². The summed E-state index contributed by atoms with van der Waals surface area (Å²) in [6.45, 7) is 3.21. The number of benzene rings is 2. The molecule has 0 aromatic heterocycles. The summed E-state index contributed by atoms with van der Waals surface area (Å²) in [5, 5.41) is 3.88. The largest absolute Gasteiger partial charge is 1.00 e. The second-order valence-electron chi connectivity index (χ2n) is 8.32. The topological polar surface area (TPSA) is 38.3 Å². The number of rotatable bonds is 7. The average Bonchev–Trinajstić information content (AvgIpc) is 2.74. The van der Waals surface area contributed by atoms with E-state index in [0.29, 0.717) is 22.6 Å². The molecule has 31 heavy (non-hydrogen) atoms. The van der Waals surface area contributed by atoms with Crippen molar-refractivity contribution in [3.8, 4) is 0 Å². The predicted octanol–water partition coefficient (Wildman–Crippen LogP) is 2.08. The molecule has 0 atom stereocenters. The van der Waals surface area contributed by atoms with E-state index in [0.717, 1.165) is 48.2 Å². The summed E-state index contributed by atoms with van der Waals surface area (Å²) in [4.78, 5) is 12.1. The standard InChI is InChI=1S/C24H28Cl2N2O2.ClH/c1-28(2,21-11-13-30-14-12-21)17-20-5-3-19(4-6-20)16-27-24(29)10-8-18-7-9-22(25)23(26)15-18;/h3-10,15,21H,11-14,16-17H2,1-2H3;1H. The van der Waals surface area contributed by atoms with E-state index < -0.39 is 0 Å². The van der Waals surface area contributed by atoms with Crippen LogP contribution in [-0.2, 0) is 22.6 Å². The molecule has 0 spiro atoms. The lowest BCUT2D eigenvalue weighted by Crippen LogP contribution is -3.00. The lowest BCUT2D eigenvalue weighted by molar-refractivity contribution is -0.929. The van der Waals surface area contributed by atoms with E-state index in [1.165, 1.54) is 11.6 Å². The Labute approximate surface area is 201 Å². The Kier molecular flexibility index (Phi) is 9.86. The molecule has 0 radical (unpaired) electrons. The third-order valence-electron chi connectivity index (χ3n) is 5.63. The lowest BCUT2D eigenvalue weighted by Gasteiger charge is -2.40. The fourth-order valence-electron chi connectivity index (χ4n) is 3.78. The van der Waals surface area contributed by atoms with E-state index in [9.17, 15) is 4.79 Å². The molecule has 0 bridgehead atoms. The molecule has 3 rings (SSSR count). The maximum atomic E-state index is 12.1. The first-order chi connectivity index (χ1) is 14.3. The van der Waals surface area contributed by atoms with Gasteiger partial charge in [0, 0.05) is 31.0 Å². The highest BCUT2D eigenvalue weighted by Gasteiger charge is 2.30. The Hall–Kier alpha value is -1.56. The van der Waals surface area contributed by atoms with Crippen LogP contribution in [0, 0.1) is 0 Å². The number of hydrogen-bond acceptors (Lipinski definition) is 2. The molecule has 2 aromatic carbocycles. The zero-order valence-electron chi connectivity index (χ0n) is 17.9. The average molecular weight is 484 g/mol. The van der Waals surface area contributed by atoms with Crippen molar-refractivity contribution in [1.82, 2.24) is 5.32 Å². The van der Waals surface area contributed by atoms with Gasteiger partial charge in [0.2, 0.25) is 5.91 Å². The van der Waals surface area contributed by atoms with Crippen LogP contribution in [0.4, 0.5) is 0 Å². The minimum absolute atomic E-state index is 0. The van der Waals surface area contributed by atoms with Crippen LogP contribution >= 0.6 is 23.2 Å². The third-order valence-corrected chi connectivity index (χ3v) is 6.37. The number of carbonyl (C=O) groups is 1. The highest BCUT2D eigenvalue weighted by molar-refractivity contribution is 6.42. The van der Waals surface area contributed by atoms with Crippen LogP contribution in [0.3, 0.4) is 0 Å². The zero-order chi connectivity index (χ0) is 21.6. The van der Waals surface area contributed by atoms with Crippen LogP contribution in [0.25, 0.3) is 6.08 Å². The molecule has 2 aromatic rings. The summed E-state index contributed by atoms with van der Waals surface area (Å²) >= 11 is 11.9. The quantitative estimate of drug-likeness (QED) is 0.484. The molecule has 4 nitrogen and oxygen atoms in total. The van der Waals surface area contributed by atoms with Gasteiger partial charge in [-0.2, -0.15) is 0 Å². The second kappa shape index (κ2) is 11.9. The summed E-state index contributed by atoms with van der Waals surface area (Å²) in [6.07, 6.45) is 5.46. The van der Waals surface area contributed by atoms with E-state index >= 15 is 0 Å². The number of nitrogens with one attached hydrogen (secondary N) is 1. The van der Waals surface area contributed by atoms with Gasteiger partial charge in [0.25, 0.3) is 0 Å². The molecule has 1 saturated heterocycles. The molecule has 1 N–H and O–H groups in total. The van der Waals surface area contributed by atoms with Crippen LogP contribution in [0.5, 0.6) is 0 Å². The van der Waals surface area contributed by atoms with E-state index in [-0.39, 0.29) is 18.3 Å². The highest BCUT2D eigenvalue weighted by Crippen LogP contribution is 2.23. The van der Waals surface area contributed by atoms with Crippen molar-refractivity contribution < 1.29 is 26.4 Å². The predicted molar refractivity (Wildman–Crippen MR) is 123 cm³/mol. The number of quaternary nitrogens is 1. The first-order valence-corrected chi connectivity index (χ1v) is 11.0. The first kappa shape index (κ1) is 25.7. The van der Waals surface area contributed by atoms with Crippen LogP contribution < -0.4 is 17.7 Å². The van der Waals surface area contributed by atoms with E-state index in [1.807, 2.05) is 6.07 Å². The van der Waals surface area contributed by atoms with Crippen LogP contribution in [0.15, 0.2) is 48.5 Å². The number of ether oxygens (including phenoxy) is 1. The van der Waals surface area contributed by atoms with Crippen LogP contribution in [0.2, 0.25) is 10.0 Å². The smallest absolute Gasteiger partial charge is 0.244 e. The number of carbonyl (C=O) groups excluding carboxylic acids is 1. The van der Waals surface area contributed by atoms with Gasteiger partial charge in [-0.05, 0) is 29.3 Å². The Morgan fingerprint density at radius 2 is 1.71 bits per heavy atom. The summed E-state index contributed by atoms with van der Waals surface area (Å²) < 4.78 is 6.47. The lowest BCUT2D eigenvalue weighted by atomic mass is 10.0. The van der Waals surface area contributed by atoms with Gasteiger partial charge in [-0.15, -0.1) is 0 Å². The van der Waals surface area contributed by atoms with E-state index in [1.54, 1.807) is 18.2 Å². The van der Waals surface area contributed by atoms with Crippen LogP contribution in [0.1, 0.15) is 29.5 Å². The van der Waals surface area contributed by atoms with Gasteiger partial charge >= 0.3 is 0 Å². The van der Waals surface area contributed by atoms with Crippen molar-refractivity contribution in [2.45, 2.75) is 32.0 Å². The van der Waals surface area contributed by atoms with Crippen molar-refractivity contribution in [3.05, 3.63) is 75.3 Å². The maximum Gasteiger partial charge on any atom is 0.244 e. The Morgan fingerprint density at radius 3 is 2.35 bits per heavy atom. The molecule has 1 heterocycles. The minimum Gasteiger partial charge on any atom is -1.00 e. The molecular formula is C24H29Cl3N2O2. The van der Waals surface area contributed by atoms with Gasteiger partial charge in [0.15, 0.2) is 0 Å². The van der Waals surface area contributed by atoms with Crippen molar-refractivity contribution in [3.63, 3.8) is 0 Å². The van der Waals surface area contributed by atoms with Gasteiger partial charge in [-0.25, -0.2) is 0 Å². The fraction of sp³-hybridized carbons (Fsp3) is 0.375. The second-order valence-corrected chi connectivity index (χ2v) is 9.14. The van der Waals surface area contributed by atoms with Gasteiger partial charge in [-0.1, -0.05) is 53.5 Å². The molecule has 1 aliphatic rings. The molecule has 0 aliphatic carbocycles. The van der Waals surface area contributed by atoms with Crippen molar-refractivity contribution in [2.24, 2.45) is 0 Å². The number of halogens is 3. The Morgan fingerprint density at radius 1 is 1.06 bits per heavy atom. The summed E-state index contributed by atoms with van der Waals surface area (Å²) in [6, 6.07) is 14.4. The molecule has 0 unspecified atom stereocenters. The van der Waals surface area contributed by atoms with Crippen molar-refractivity contribution >= 4 is 35.2 Å². The summed E-state index contributed by atoms with van der Waals surface area (Å²) in [5.74, 6) is -0.150. The molecular weight excluding hydrogens is 455 g/mol. The maximum absolute atomic E-state index is 12.1. The van der Waals surface area contributed by atoms with Gasteiger partial charge in [0.05, 0.1) is 43.4 Å². The number of hydrogen-bond donors (Lipinski definition) is 1. The molecule has 1 fully saturated rings. The summed E-state index contributed by atoms with van der Waals surface area (Å²) in [5.41, 5.74) is 3.21. The van der Waals surface area contributed by atoms with Gasteiger partial charge < -0.3 is 26.9 Å². The molecule has 0 saturated carbocycles. The molecule has 168 valence electrons. The van der Waals surface area contributed by atoms with E-state index in [2.05, 4.69) is 43.7 Å². The highest BCUT2D eigenvalue weighted by atomic mass is 35.5. The third kappa shape index (κ3) is 7.81. The van der Waals surface area contributed by atoms with Crippen molar-refractivity contribution in [2.75, 3.05) is 27.3 Å². The first-order valence-electron chi connectivity index (χ1n) is 10.2. The monoisotopic (exact) mass is 482 g/mol. The Balaban J connectivity index is 0.00000341. The minimum atomic E-state index is -0.150. The molecule has 1 aliphatic heterocycles. The normalized spacial score (nSPS) is 15.0. The van der Waals surface area contributed by atoms with Crippen molar-refractivity contribution in [1.29, 1.82) is 0 Å². The number of amides is 1. The summed E-state index contributed by atoms with van der Waals surface area (Å²) in [7, 11) is 4.59. The SMILES string of the molecule is C[N+](C)(Cc1ccc(CNC(=O)C=Cc2ccc(Cl)c(Cl)c2)cc1)C1CCOCC1.[Cl-]. The molecule has 7 heteroatoms. The van der Waals surface area contributed by atoms with E-state index in [4.69, 9.17) is 27.9 Å². The van der Waals surface area contributed by atoms with Crippen LogP contribution in [-0.4, -0.2) is 43.7 Å². The van der Waals surface area contributed by atoms with Gasteiger partial charge in [0.1, 0.15) is 6.54 Å².